The smallest absolute Gasteiger partial charge is 0.252 e. The molecule has 2 fully saturated rings. The fourth-order valence-corrected chi connectivity index (χ4v) is 5.07. The van der Waals surface area contributed by atoms with Crippen molar-refractivity contribution in [1.29, 1.82) is 0 Å². The maximum Gasteiger partial charge on any atom is 0.252 e. The molecule has 0 spiro atoms. The lowest BCUT2D eigenvalue weighted by Gasteiger charge is -2.27. The highest BCUT2D eigenvalue weighted by Crippen LogP contribution is 2.41. The standard InChI is InChI=1S/C17H20N2O2S2/c20-16(13-3-5-22-9-13)18-10-17-11-19(6-14(17)8-21-12-17)7-15-2-1-4-23-15/h1-5,9,14H,6-8,10-12H2,(H,18,20)/t14-,17+/m1/s1. The number of rotatable bonds is 5. The molecule has 23 heavy (non-hydrogen) atoms. The van der Waals surface area contributed by atoms with Crippen LogP contribution in [0.3, 0.4) is 0 Å². The zero-order chi connectivity index (χ0) is 15.7. The third kappa shape index (κ3) is 3.08. The zero-order valence-corrected chi connectivity index (χ0v) is 14.5. The minimum absolute atomic E-state index is 0.0305. The molecule has 0 saturated carbocycles. The van der Waals surface area contributed by atoms with Gasteiger partial charge in [-0.05, 0) is 22.9 Å². The fraction of sp³-hybridized carbons (Fsp3) is 0.471. The molecule has 2 aromatic rings. The Morgan fingerprint density at radius 1 is 1.43 bits per heavy atom. The van der Waals surface area contributed by atoms with Crippen LogP contribution in [0.2, 0.25) is 0 Å². The number of amides is 1. The summed E-state index contributed by atoms with van der Waals surface area (Å²) in [6.07, 6.45) is 0. The maximum atomic E-state index is 12.2. The van der Waals surface area contributed by atoms with Gasteiger partial charge in [-0.3, -0.25) is 9.69 Å². The van der Waals surface area contributed by atoms with E-state index in [1.807, 2.05) is 28.2 Å². The quantitative estimate of drug-likeness (QED) is 0.903. The monoisotopic (exact) mass is 348 g/mol. The molecule has 2 aromatic heterocycles. The summed E-state index contributed by atoms with van der Waals surface area (Å²) in [4.78, 5) is 16.1. The molecule has 4 heterocycles. The Balaban J connectivity index is 1.40. The molecule has 122 valence electrons. The van der Waals surface area contributed by atoms with Crippen LogP contribution in [0.5, 0.6) is 0 Å². The van der Waals surface area contributed by atoms with Crippen LogP contribution >= 0.6 is 22.7 Å². The molecule has 2 aliphatic rings. The van der Waals surface area contributed by atoms with E-state index in [1.54, 1.807) is 11.3 Å². The highest BCUT2D eigenvalue weighted by Gasteiger charge is 2.50. The normalized spacial score (nSPS) is 27.2. The molecule has 1 amide bonds. The number of likely N-dealkylation sites (tertiary alicyclic amines) is 1. The van der Waals surface area contributed by atoms with E-state index in [-0.39, 0.29) is 11.3 Å². The largest absolute Gasteiger partial charge is 0.380 e. The molecule has 4 nitrogen and oxygen atoms in total. The topological polar surface area (TPSA) is 41.6 Å². The number of nitrogens with zero attached hydrogens (tertiary/aromatic N) is 1. The van der Waals surface area contributed by atoms with Gasteiger partial charge in [0.15, 0.2) is 0 Å². The minimum atomic E-state index is 0.0305. The molecule has 2 aliphatic heterocycles. The lowest BCUT2D eigenvalue weighted by Crippen LogP contribution is -2.43. The number of thiophene rings is 2. The zero-order valence-electron chi connectivity index (χ0n) is 12.9. The second-order valence-electron chi connectivity index (χ2n) is 6.52. The van der Waals surface area contributed by atoms with Gasteiger partial charge in [-0.1, -0.05) is 6.07 Å². The molecular weight excluding hydrogens is 328 g/mol. The summed E-state index contributed by atoms with van der Waals surface area (Å²) in [5, 5.41) is 9.10. The van der Waals surface area contributed by atoms with E-state index < -0.39 is 0 Å². The molecular formula is C17H20N2O2S2. The number of nitrogens with one attached hydrogen (secondary N) is 1. The highest BCUT2D eigenvalue weighted by atomic mass is 32.1. The SMILES string of the molecule is O=C(NC[C@]12COC[C@H]1CN(Cc1cccs1)C2)c1ccsc1. The van der Waals surface area contributed by atoms with Crippen molar-refractivity contribution in [1.82, 2.24) is 10.2 Å². The van der Waals surface area contributed by atoms with Crippen molar-refractivity contribution in [2.24, 2.45) is 11.3 Å². The molecule has 2 saturated heterocycles. The molecule has 0 aliphatic carbocycles. The van der Waals surface area contributed by atoms with E-state index in [2.05, 4.69) is 27.7 Å². The van der Waals surface area contributed by atoms with Crippen LogP contribution in [0.1, 0.15) is 15.2 Å². The van der Waals surface area contributed by atoms with Gasteiger partial charge in [0.2, 0.25) is 0 Å². The third-order valence-corrected chi connectivity index (χ3v) is 6.48. The van der Waals surface area contributed by atoms with Gasteiger partial charge in [-0.15, -0.1) is 11.3 Å². The van der Waals surface area contributed by atoms with Crippen molar-refractivity contribution in [3.05, 3.63) is 44.8 Å². The predicted molar refractivity (Wildman–Crippen MR) is 93.0 cm³/mol. The number of ether oxygens (including phenoxy) is 1. The predicted octanol–water partition coefficient (Wildman–Crippen LogP) is 2.69. The number of carbonyl (C=O) groups is 1. The summed E-state index contributed by atoms with van der Waals surface area (Å²) < 4.78 is 5.75. The Labute approximate surface area is 144 Å². The van der Waals surface area contributed by atoms with Gasteiger partial charge >= 0.3 is 0 Å². The molecule has 4 rings (SSSR count). The maximum absolute atomic E-state index is 12.2. The van der Waals surface area contributed by atoms with E-state index >= 15 is 0 Å². The number of hydrogen-bond donors (Lipinski definition) is 1. The Bertz CT molecular complexity index is 656. The molecule has 6 heteroatoms. The summed E-state index contributed by atoms with van der Waals surface area (Å²) >= 11 is 3.37. The summed E-state index contributed by atoms with van der Waals surface area (Å²) in [5.41, 5.74) is 0.832. The molecule has 0 aromatic carbocycles. The number of carbonyl (C=O) groups excluding carboxylic acids is 1. The van der Waals surface area contributed by atoms with Crippen LogP contribution in [0, 0.1) is 11.3 Å². The molecule has 0 unspecified atom stereocenters. The summed E-state index contributed by atoms with van der Waals surface area (Å²) in [5.74, 6) is 0.549. The number of fused-ring (bicyclic) bond motifs is 1. The molecule has 0 bridgehead atoms. The van der Waals surface area contributed by atoms with Gasteiger partial charge in [-0.2, -0.15) is 11.3 Å². The second kappa shape index (κ2) is 6.36. The van der Waals surface area contributed by atoms with Crippen LogP contribution in [0.25, 0.3) is 0 Å². The number of hydrogen-bond acceptors (Lipinski definition) is 5. The Morgan fingerprint density at radius 3 is 3.17 bits per heavy atom. The summed E-state index contributed by atoms with van der Waals surface area (Å²) in [6, 6.07) is 6.18. The lowest BCUT2D eigenvalue weighted by atomic mass is 9.81. The second-order valence-corrected chi connectivity index (χ2v) is 8.33. The molecule has 0 radical (unpaired) electrons. The van der Waals surface area contributed by atoms with Crippen molar-refractivity contribution in [3.63, 3.8) is 0 Å². The van der Waals surface area contributed by atoms with Gasteiger partial charge in [0.25, 0.3) is 5.91 Å². The molecule has 1 N–H and O–H groups in total. The lowest BCUT2D eigenvalue weighted by molar-refractivity contribution is 0.0905. The van der Waals surface area contributed by atoms with E-state index in [0.717, 1.165) is 38.4 Å². The van der Waals surface area contributed by atoms with Gasteiger partial charge in [0.1, 0.15) is 0 Å². The van der Waals surface area contributed by atoms with Gasteiger partial charge in [0.05, 0.1) is 13.2 Å². The summed E-state index contributed by atoms with van der Waals surface area (Å²) in [6.45, 7) is 5.34. The van der Waals surface area contributed by atoms with E-state index in [4.69, 9.17) is 4.74 Å². The van der Waals surface area contributed by atoms with Gasteiger partial charge in [0, 0.05) is 53.3 Å². The van der Waals surface area contributed by atoms with Crippen LogP contribution in [-0.4, -0.2) is 43.7 Å². The first kappa shape index (κ1) is 15.3. The van der Waals surface area contributed by atoms with E-state index in [1.165, 1.54) is 4.88 Å². The average Bonchev–Trinajstić information content (AvgIpc) is 3.29. The summed E-state index contributed by atoms with van der Waals surface area (Å²) in [7, 11) is 0. The fourth-order valence-electron chi connectivity index (χ4n) is 3.69. The van der Waals surface area contributed by atoms with E-state index in [0.29, 0.717) is 12.5 Å². The van der Waals surface area contributed by atoms with Crippen molar-refractivity contribution < 1.29 is 9.53 Å². The first-order valence-electron chi connectivity index (χ1n) is 7.88. The van der Waals surface area contributed by atoms with Crippen molar-refractivity contribution in [3.8, 4) is 0 Å². The van der Waals surface area contributed by atoms with Crippen LogP contribution in [-0.2, 0) is 11.3 Å². The first-order chi connectivity index (χ1) is 11.3. The van der Waals surface area contributed by atoms with Crippen LogP contribution in [0.4, 0.5) is 0 Å². The Hall–Kier alpha value is -1.21. The Kier molecular flexibility index (Phi) is 4.24. The van der Waals surface area contributed by atoms with Crippen LogP contribution < -0.4 is 5.32 Å². The van der Waals surface area contributed by atoms with Crippen molar-refractivity contribution in [2.75, 3.05) is 32.8 Å². The third-order valence-electron chi connectivity index (χ3n) is 4.94. The van der Waals surface area contributed by atoms with E-state index in [9.17, 15) is 4.79 Å². The van der Waals surface area contributed by atoms with Gasteiger partial charge in [-0.25, -0.2) is 0 Å². The van der Waals surface area contributed by atoms with Gasteiger partial charge < -0.3 is 10.1 Å². The highest BCUT2D eigenvalue weighted by molar-refractivity contribution is 7.09. The Morgan fingerprint density at radius 2 is 2.39 bits per heavy atom. The van der Waals surface area contributed by atoms with Crippen molar-refractivity contribution in [2.45, 2.75) is 6.54 Å². The minimum Gasteiger partial charge on any atom is -0.380 e. The first-order valence-corrected chi connectivity index (χ1v) is 9.70. The molecule has 2 atom stereocenters. The van der Waals surface area contributed by atoms with Crippen LogP contribution in [0.15, 0.2) is 34.3 Å². The van der Waals surface area contributed by atoms with Crippen molar-refractivity contribution >= 4 is 28.6 Å². The average molecular weight is 348 g/mol.